The summed E-state index contributed by atoms with van der Waals surface area (Å²) in [6.45, 7) is 4.43. The van der Waals surface area contributed by atoms with Gasteiger partial charge in [0.1, 0.15) is 11.4 Å². The maximum absolute atomic E-state index is 13.0. The number of carbonyl (C=O) groups is 1. The first-order valence-corrected chi connectivity index (χ1v) is 10.2. The minimum Gasteiger partial charge on any atom is -0.324 e. The lowest BCUT2D eigenvalue weighted by Crippen LogP contribution is -2.36. The molecule has 0 saturated carbocycles. The minimum absolute atomic E-state index is 0.0307. The van der Waals surface area contributed by atoms with E-state index in [1.54, 1.807) is 26.0 Å². The van der Waals surface area contributed by atoms with Crippen molar-refractivity contribution in [3.05, 3.63) is 41.7 Å². The number of nitrogens with one attached hydrogen (secondary N) is 1. The Morgan fingerprint density at radius 1 is 1.12 bits per heavy atom. The van der Waals surface area contributed by atoms with Crippen LogP contribution in [0.15, 0.2) is 35.2 Å². The molecule has 1 amide bonds. The normalized spacial score (nSPS) is 15.8. The van der Waals surface area contributed by atoms with Gasteiger partial charge in [-0.2, -0.15) is 9.40 Å². The number of para-hydroxylation sites is 1. The van der Waals surface area contributed by atoms with Crippen molar-refractivity contribution in [3.8, 4) is 0 Å². The Labute approximate surface area is 154 Å². The SMILES string of the molecule is Cc1nn(CC(=O)Nc2ccccc2)c(C)c1S(=O)(=O)N1CCCCC1. The van der Waals surface area contributed by atoms with E-state index in [9.17, 15) is 13.2 Å². The first kappa shape index (κ1) is 18.6. The van der Waals surface area contributed by atoms with Crippen LogP contribution in [0.5, 0.6) is 0 Å². The predicted molar refractivity (Wildman–Crippen MR) is 99.4 cm³/mol. The molecule has 0 unspecified atom stereocenters. The Morgan fingerprint density at radius 2 is 1.77 bits per heavy atom. The van der Waals surface area contributed by atoms with Crippen LogP contribution >= 0.6 is 0 Å². The zero-order valence-electron chi connectivity index (χ0n) is 15.1. The fourth-order valence-corrected chi connectivity index (χ4v) is 5.19. The van der Waals surface area contributed by atoms with E-state index in [1.807, 2.05) is 18.2 Å². The van der Waals surface area contributed by atoms with Crippen LogP contribution in [-0.2, 0) is 21.4 Å². The number of benzene rings is 1. The third-order valence-corrected chi connectivity index (χ3v) is 6.73. The molecule has 26 heavy (non-hydrogen) atoms. The fourth-order valence-electron chi connectivity index (χ4n) is 3.30. The monoisotopic (exact) mass is 376 g/mol. The highest BCUT2D eigenvalue weighted by atomic mass is 32.2. The third-order valence-electron chi connectivity index (χ3n) is 4.58. The van der Waals surface area contributed by atoms with Crippen molar-refractivity contribution in [2.45, 2.75) is 44.6 Å². The molecule has 0 bridgehead atoms. The number of aryl methyl sites for hydroxylation is 1. The molecule has 0 aliphatic carbocycles. The van der Waals surface area contributed by atoms with Gasteiger partial charge < -0.3 is 5.32 Å². The van der Waals surface area contributed by atoms with E-state index in [2.05, 4.69) is 10.4 Å². The molecule has 3 rings (SSSR count). The molecule has 1 aliphatic rings. The average Bonchev–Trinajstić information content (AvgIpc) is 2.90. The molecule has 2 aromatic rings. The van der Waals surface area contributed by atoms with Crippen molar-refractivity contribution in [2.24, 2.45) is 0 Å². The summed E-state index contributed by atoms with van der Waals surface area (Å²) >= 11 is 0. The van der Waals surface area contributed by atoms with Crippen LogP contribution in [0.1, 0.15) is 30.7 Å². The second-order valence-electron chi connectivity index (χ2n) is 6.54. The van der Waals surface area contributed by atoms with Gasteiger partial charge in [0.15, 0.2) is 0 Å². The lowest BCUT2D eigenvalue weighted by Gasteiger charge is -2.25. The summed E-state index contributed by atoms with van der Waals surface area (Å²) in [6.07, 6.45) is 2.82. The van der Waals surface area contributed by atoms with Crippen molar-refractivity contribution in [3.63, 3.8) is 0 Å². The van der Waals surface area contributed by atoms with E-state index in [4.69, 9.17) is 0 Å². The topological polar surface area (TPSA) is 84.3 Å². The van der Waals surface area contributed by atoms with Crippen molar-refractivity contribution in [1.29, 1.82) is 0 Å². The predicted octanol–water partition coefficient (Wildman–Crippen LogP) is 2.31. The van der Waals surface area contributed by atoms with E-state index in [0.29, 0.717) is 30.2 Å². The molecule has 140 valence electrons. The second-order valence-corrected chi connectivity index (χ2v) is 8.41. The molecule has 7 nitrogen and oxygen atoms in total. The van der Waals surface area contributed by atoms with Gasteiger partial charge in [0, 0.05) is 18.8 Å². The first-order valence-electron chi connectivity index (χ1n) is 8.78. The van der Waals surface area contributed by atoms with Crippen LogP contribution in [0.25, 0.3) is 0 Å². The van der Waals surface area contributed by atoms with Crippen LogP contribution < -0.4 is 5.32 Å². The fraction of sp³-hybridized carbons (Fsp3) is 0.444. The molecular formula is C18H24N4O3S. The molecule has 0 atom stereocenters. The van der Waals surface area contributed by atoms with Crippen molar-refractivity contribution in [1.82, 2.24) is 14.1 Å². The van der Waals surface area contributed by atoms with Gasteiger partial charge in [-0.1, -0.05) is 24.6 Å². The molecule has 8 heteroatoms. The summed E-state index contributed by atoms with van der Waals surface area (Å²) in [5.74, 6) is -0.247. The van der Waals surface area contributed by atoms with Gasteiger partial charge in [-0.25, -0.2) is 8.42 Å². The second kappa shape index (κ2) is 7.59. The lowest BCUT2D eigenvalue weighted by atomic mass is 10.2. The van der Waals surface area contributed by atoms with Gasteiger partial charge >= 0.3 is 0 Å². The van der Waals surface area contributed by atoms with E-state index < -0.39 is 10.0 Å². The van der Waals surface area contributed by atoms with Crippen LogP contribution in [-0.4, -0.2) is 41.5 Å². The quantitative estimate of drug-likeness (QED) is 0.868. The van der Waals surface area contributed by atoms with E-state index in [1.165, 1.54) is 8.99 Å². The standard InChI is InChI=1S/C18H24N4O3S/c1-14-18(26(24,25)21-11-7-4-8-12-21)15(2)22(20-14)13-17(23)19-16-9-5-3-6-10-16/h3,5-6,9-10H,4,7-8,11-13H2,1-2H3,(H,19,23). The summed E-state index contributed by atoms with van der Waals surface area (Å²) in [6, 6.07) is 9.13. The summed E-state index contributed by atoms with van der Waals surface area (Å²) < 4.78 is 29.0. The zero-order chi connectivity index (χ0) is 18.7. The Kier molecular flexibility index (Phi) is 5.43. The van der Waals surface area contributed by atoms with Gasteiger partial charge in [0.2, 0.25) is 15.9 Å². The molecule has 1 aromatic heterocycles. The summed E-state index contributed by atoms with van der Waals surface area (Å²) in [5.41, 5.74) is 1.62. The molecule has 2 heterocycles. The minimum atomic E-state index is -3.58. The summed E-state index contributed by atoms with van der Waals surface area (Å²) in [5, 5.41) is 7.09. The number of anilines is 1. The van der Waals surface area contributed by atoms with Crippen LogP contribution in [0, 0.1) is 13.8 Å². The molecular weight excluding hydrogens is 352 g/mol. The molecule has 1 aliphatic heterocycles. The number of rotatable bonds is 5. The number of nitrogens with zero attached hydrogens (tertiary/aromatic N) is 3. The van der Waals surface area contributed by atoms with Gasteiger partial charge in [0.25, 0.3) is 0 Å². The number of hydrogen-bond donors (Lipinski definition) is 1. The smallest absolute Gasteiger partial charge is 0.246 e. The highest BCUT2D eigenvalue weighted by molar-refractivity contribution is 7.89. The first-order chi connectivity index (χ1) is 12.4. The maximum atomic E-state index is 13.0. The average molecular weight is 376 g/mol. The van der Waals surface area contributed by atoms with Crippen LogP contribution in [0.3, 0.4) is 0 Å². The number of piperidine rings is 1. The van der Waals surface area contributed by atoms with Gasteiger partial charge in [-0.05, 0) is 38.8 Å². The Morgan fingerprint density at radius 3 is 2.42 bits per heavy atom. The Balaban J connectivity index is 1.80. The summed E-state index contributed by atoms with van der Waals surface area (Å²) in [4.78, 5) is 12.5. The number of aromatic nitrogens is 2. The van der Waals surface area contributed by atoms with Crippen LogP contribution in [0.2, 0.25) is 0 Å². The molecule has 1 saturated heterocycles. The van der Waals surface area contributed by atoms with Crippen LogP contribution in [0.4, 0.5) is 5.69 Å². The van der Waals surface area contributed by atoms with Gasteiger partial charge in [0.05, 0.1) is 11.4 Å². The molecule has 1 N–H and O–H groups in total. The summed E-state index contributed by atoms with van der Waals surface area (Å²) in [7, 11) is -3.58. The third kappa shape index (κ3) is 3.81. The van der Waals surface area contributed by atoms with Gasteiger partial charge in [-0.3, -0.25) is 9.48 Å². The highest BCUT2D eigenvalue weighted by Gasteiger charge is 2.31. The Hall–Kier alpha value is -2.19. The van der Waals surface area contributed by atoms with Crippen molar-refractivity contribution < 1.29 is 13.2 Å². The zero-order valence-corrected chi connectivity index (χ0v) is 15.9. The van der Waals surface area contributed by atoms with E-state index >= 15 is 0 Å². The maximum Gasteiger partial charge on any atom is 0.246 e. The number of carbonyl (C=O) groups excluding carboxylic acids is 1. The van der Waals surface area contributed by atoms with Crippen molar-refractivity contribution in [2.75, 3.05) is 18.4 Å². The molecule has 1 aromatic carbocycles. The van der Waals surface area contributed by atoms with E-state index in [0.717, 1.165) is 19.3 Å². The largest absolute Gasteiger partial charge is 0.324 e. The molecule has 0 spiro atoms. The van der Waals surface area contributed by atoms with Gasteiger partial charge in [-0.15, -0.1) is 0 Å². The number of hydrogen-bond acceptors (Lipinski definition) is 4. The Bertz CT molecular complexity index is 885. The van der Waals surface area contributed by atoms with E-state index in [-0.39, 0.29) is 17.3 Å². The van der Waals surface area contributed by atoms with Crippen molar-refractivity contribution >= 4 is 21.6 Å². The number of sulfonamides is 1. The number of amides is 1. The molecule has 1 fully saturated rings. The highest BCUT2D eigenvalue weighted by Crippen LogP contribution is 2.26. The lowest BCUT2D eigenvalue weighted by molar-refractivity contribution is -0.116. The molecule has 0 radical (unpaired) electrons.